The average Bonchev–Trinajstić information content (AvgIpc) is 2.77. The maximum atomic E-state index is 6.17. The van der Waals surface area contributed by atoms with Crippen molar-refractivity contribution in [2.75, 3.05) is 5.32 Å². The second kappa shape index (κ2) is 5.35. The van der Waals surface area contributed by atoms with Crippen LogP contribution in [0.3, 0.4) is 0 Å². The Morgan fingerprint density at radius 2 is 2.00 bits per heavy atom. The second-order valence-corrected chi connectivity index (χ2v) is 6.99. The molecule has 2 aromatic carbocycles. The van der Waals surface area contributed by atoms with E-state index in [1.165, 1.54) is 10.3 Å². The maximum absolute atomic E-state index is 6.17. The van der Waals surface area contributed by atoms with E-state index < -0.39 is 0 Å². The van der Waals surface area contributed by atoms with Gasteiger partial charge in [-0.15, -0.1) is 0 Å². The lowest BCUT2D eigenvalue weighted by molar-refractivity contribution is 1.40. The molecule has 0 amide bonds. The Kier molecular flexibility index (Phi) is 3.71. The number of benzene rings is 2. The minimum atomic E-state index is 0.743. The Hall–Kier alpha value is -1.10. The third-order valence-electron chi connectivity index (χ3n) is 3.03. The minimum Gasteiger partial charge on any atom is -0.331 e. The van der Waals surface area contributed by atoms with Gasteiger partial charge in [-0.25, -0.2) is 4.98 Å². The van der Waals surface area contributed by atoms with Crippen molar-refractivity contribution in [3.8, 4) is 0 Å². The van der Waals surface area contributed by atoms with Crippen LogP contribution in [0.25, 0.3) is 10.2 Å². The van der Waals surface area contributed by atoms with Crippen molar-refractivity contribution >= 4 is 59.9 Å². The molecule has 102 valence electrons. The number of thiazole rings is 1. The van der Waals surface area contributed by atoms with Gasteiger partial charge in [0.1, 0.15) is 0 Å². The van der Waals surface area contributed by atoms with E-state index in [0.29, 0.717) is 0 Å². The Balaban J connectivity index is 1.99. The molecule has 1 heterocycles. The summed E-state index contributed by atoms with van der Waals surface area (Å²) in [5.41, 5.74) is 4.23. The zero-order valence-corrected chi connectivity index (χ0v) is 14.2. The summed E-state index contributed by atoms with van der Waals surface area (Å²) in [4.78, 5) is 4.59. The first-order valence-corrected chi connectivity index (χ1v) is 8.11. The van der Waals surface area contributed by atoms with Crippen molar-refractivity contribution in [2.45, 2.75) is 13.8 Å². The second-order valence-electron chi connectivity index (χ2n) is 4.70. The lowest BCUT2D eigenvalue weighted by Crippen LogP contribution is -1.91. The molecule has 0 saturated heterocycles. The fraction of sp³-hybridized carbons (Fsp3) is 0.133. The van der Waals surface area contributed by atoms with Crippen molar-refractivity contribution in [3.05, 3.63) is 51.0 Å². The van der Waals surface area contributed by atoms with Crippen molar-refractivity contribution < 1.29 is 0 Å². The molecule has 3 aromatic rings. The zero-order chi connectivity index (χ0) is 14.3. The lowest BCUT2D eigenvalue weighted by atomic mass is 10.2. The molecule has 0 aliphatic heterocycles. The van der Waals surface area contributed by atoms with E-state index in [1.807, 2.05) is 25.1 Å². The SMILES string of the molecule is Cc1ccc2nc(Nc3cc(Cl)c(C)cc3Br)sc2c1. The largest absolute Gasteiger partial charge is 0.331 e. The van der Waals surface area contributed by atoms with Gasteiger partial charge in [0, 0.05) is 9.50 Å². The van der Waals surface area contributed by atoms with Crippen LogP contribution in [0, 0.1) is 13.8 Å². The summed E-state index contributed by atoms with van der Waals surface area (Å²) in [6.45, 7) is 4.07. The molecule has 1 N–H and O–H groups in total. The number of hydrogen-bond acceptors (Lipinski definition) is 3. The lowest BCUT2D eigenvalue weighted by Gasteiger charge is -2.07. The number of halogens is 2. The molecule has 0 atom stereocenters. The molecule has 0 aliphatic carbocycles. The number of aryl methyl sites for hydroxylation is 2. The number of aromatic nitrogens is 1. The van der Waals surface area contributed by atoms with Crippen LogP contribution in [-0.2, 0) is 0 Å². The van der Waals surface area contributed by atoms with Crippen LogP contribution in [0.5, 0.6) is 0 Å². The monoisotopic (exact) mass is 366 g/mol. The number of fused-ring (bicyclic) bond motifs is 1. The highest BCUT2D eigenvalue weighted by molar-refractivity contribution is 9.10. The molecule has 0 spiro atoms. The summed E-state index contributed by atoms with van der Waals surface area (Å²) in [7, 11) is 0. The first-order valence-electron chi connectivity index (χ1n) is 6.13. The quantitative estimate of drug-likeness (QED) is 0.594. The summed E-state index contributed by atoms with van der Waals surface area (Å²) in [5, 5.41) is 4.94. The molecule has 0 radical (unpaired) electrons. The number of nitrogens with one attached hydrogen (secondary N) is 1. The molecular formula is C15H12BrClN2S. The molecule has 0 bridgehead atoms. The van der Waals surface area contributed by atoms with E-state index >= 15 is 0 Å². The van der Waals surface area contributed by atoms with E-state index in [1.54, 1.807) is 11.3 Å². The minimum absolute atomic E-state index is 0.743. The highest BCUT2D eigenvalue weighted by Crippen LogP contribution is 2.34. The van der Waals surface area contributed by atoms with Crippen LogP contribution in [-0.4, -0.2) is 4.98 Å². The van der Waals surface area contributed by atoms with Crippen LogP contribution in [0.1, 0.15) is 11.1 Å². The van der Waals surface area contributed by atoms with Gasteiger partial charge in [-0.2, -0.15) is 0 Å². The predicted octanol–water partition coefficient (Wildman–Crippen LogP) is 6.07. The van der Waals surface area contributed by atoms with Gasteiger partial charge in [0.15, 0.2) is 5.13 Å². The van der Waals surface area contributed by atoms with Gasteiger partial charge < -0.3 is 5.32 Å². The Bertz CT molecular complexity index is 798. The van der Waals surface area contributed by atoms with Crippen LogP contribution in [0.15, 0.2) is 34.8 Å². The number of hydrogen-bond donors (Lipinski definition) is 1. The first kappa shape index (κ1) is 13.9. The zero-order valence-electron chi connectivity index (χ0n) is 11.0. The van der Waals surface area contributed by atoms with E-state index in [-0.39, 0.29) is 0 Å². The number of anilines is 2. The molecule has 0 unspecified atom stereocenters. The van der Waals surface area contributed by atoms with E-state index in [0.717, 1.165) is 31.4 Å². The van der Waals surface area contributed by atoms with Crippen LogP contribution in [0.2, 0.25) is 5.02 Å². The topological polar surface area (TPSA) is 24.9 Å². The molecule has 5 heteroatoms. The van der Waals surface area contributed by atoms with Gasteiger partial charge in [0.2, 0.25) is 0 Å². The fourth-order valence-electron chi connectivity index (χ4n) is 1.94. The molecule has 0 aliphatic rings. The predicted molar refractivity (Wildman–Crippen MR) is 91.5 cm³/mol. The third kappa shape index (κ3) is 2.68. The van der Waals surface area contributed by atoms with Gasteiger partial charge in [-0.05, 0) is 65.2 Å². The normalized spacial score (nSPS) is 11.0. The number of rotatable bonds is 2. The summed E-state index contributed by atoms with van der Waals surface area (Å²) in [5.74, 6) is 0. The Morgan fingerprint density at radius 1 is 1.20 bits per heavy atom. The summed E-state index contributed by atoms with van der Waals surface area (Å²) >= 11 is 11.4. The standard InChI is InChI=1S/C15H12BrClN2S/c1-8-3-4-12-14(5-8)20-15(18-12)19-13-7-11(17)9(2)6-10(13)16/h3-7H,1-2H3,(H,18,19). The molecule has 20 heavy (non-hydrogen) atoms. The first-order chi connectivity index (χ1) is 9.52. The van der Waals surface area contributed by atoms with Crippen LogP contribution < -0.4 is 5.32 Å². The maximum Gasteiger partial charge on any atom is 0.188 e. The van der Waals surface area contributed by atoms with E-state index in [2.05, 4.69) is 45.3 Å². The van der Waals surface area contributed by atoms with E-state index in [9.17, 15) is 0 Å². The molecule has 0 saturated carbocycles. The van der Waals surface area contributed by atoms with Gasteiger partial charge in [0.25, 0.3) is 0 Å². The summed E-state index contributed by atoms with van der Waals surface area (Å²) in [6.07, 6.45) is 0. The van der Waals surface area contributed by atoms with Gasteiger partial charge >= 0.3 is 0 Å². The molecule has 0 fully saturated rings. The van der Waals surface area contributed by atoms with Crippen LogP contribution >= 0.6 is 38.9 Å². The van der Waals surface area contributed by atoms with Crippen molar-refractivity contribution in [1.82, 2.24) is 4.98 Å². The highest BCUT2D eigenvalue weighted by atomic mass is 79.9. The van der Waals surface area contributed by atoms with Gasteiger partial charge in [-0.3, -0.25) is 0 Å². The van der Waals surface area contributed by atoms with Crippen molar-refractivity contribution in [1.29, 1.82) is 0 Å². The summed E-state index contributed by atoms with van der Waals surface area (Å²) < 4.78 is 2.16. The molecule has 1 aromatic heterocycles. The third-order valence-corrected chi connectivity index (χ3v) is 5.03. The van der Waals surface area contributed by atoms with Crippen molar-refractivity contribution in [2.24, 2.45) is 0 Å². The van der Waals surface area contributed by atoms with Gasteiger partial charge in [-0.1, -0.05) is 29.0 Å². The molecule has 2 nitrogen and oxygen atoms in total. The molecular weight excluding hydrogens is 356 g/mol. The van der Waals surface area contributed by atoms with E-state index in [4.69, 9.17) is 11.6 Å². The number of nitrogens with zero attached hydrogens (tertiary/aromatic N) is 1. The fourth-order valence-corrected chi connectivity index (χ4v) is 3.64. The Labute approximate surface area is 134 Å². The average molecular weight is 368 g/mol. The highest BCUT2D eigenvalue weighted by Gasteiger charge is 2.08. The summed E-state index contributed by atoms with van der Waals surface area (Å²) in [6, 6.07) is 10.2. The smallest absolute Gasteiger partial charge is 0.188 e. The van der Waals surface area contributed by atoms with Gasteiger partial charge in [0.05, 0.1) is 15.9 Å². The molecule has 3 rings (SSSR count). The Morgan fingerprint density at radius 3 is 2.80 bits per heavy atom. The van der Waals surface area contributed by atoms with Crippen molar-refractivity contribution in [3.63, 3.8) is 0 Å². The van der Waals surface area contributed by atoms with Crippen LogP contribution in [0.4, 0.5) is 10.8 Å².